The summed E-state index contributed by atoms with van der Waals surface area (Å²) >= 11 is 5.56. The molecule has 94 valence electrons. The lowest BCUT2D eigenvalue weighted by atomic mass is 10.1. The first kappa shape index (κ1) is 12.8. The summed E-state index contributed by atoms with van der Waals surface area (Å²) in [6.45, 7) is 0. The average Bonchev–Trinajstić information content (AvgIpc) is 2.34. The highest BCUT2D eigenvalue weighted by atomic mass is 35.5. The molecule has 0 N–H and O–H groups in total. The maximum atomic E-state index is 13.4. The zero-order valence-electron chi connectivity index (χ0n) is 8.45. The summed E-state index contributed by atoms with van der Waals surface area (Å²) in [5.74, 6) is -10.1. The smallest absolute Gasteiger partial charge is 0.200 e. The number of halogens is 6. The fourth-order valence-corrected chi connectivity index (χ4v) is 1.53. The molecule has 0 bridgehead atoms. The van der Waals surface area contributed by atoms with Gasteiger partial charge < -0.3 is 0 Å². The molecule has 0 saturated heterocycles. The van der Waals surface area contributed by atoms with Gasteiger partial charge in [0.05, 0.1) is 11.3 Å². The van der Waals surface area contributed by atoms with Crippen molar-refractivity contribution < 1.29 is 22.0 Å². The zero-order valence-corrected chi connectivity index (χ0v) is 9.20. The van der Waals surface area contributed by atoms with Crippen LogP contribution in [0.4, 0.5) is 22.0 Å². The van der Waals surface area contributed by atoms with E-state index in [2.05, 4.69) is 4.98 Å². The second-order valence-corrected chi connectivity index (χ2v) is 3.74. The van der Waals surface area contributed by atoms with Gasteiger partial charge in [0, 0.05) is 11.2 Å². The number of benzene rings is 1. The maximum absolute atomic E-state index is 13.4. The lowest BCUT2D eigenvalue weighted by Crippen LogP contribution is -2.04. The van der Waals surface area contributed by atoms with Crippen molar-refractivity contribution in [2.75, 3.05) is 0 Å². The molecule has 18 heavy (non-hydrogen) atoms. The van der Waals surface area contributed by atoms with Crippen molar-refractivity contribution in [1.29, 1.82) is 0 Å². The lowest BCUT2D eigenvalue weighted by Gasteiger charge is -2.07. The van der Waals surface area contributed by atoms with Gasteiger partial charge in [0.1, 0.15) is 0 Å². The van der Waals surface area contributed by atoms with Gasteiger partial charge in [0.25, 0.3) is 0 Å². The molecule has 1 aromatic carbocycles. The molecule has 1 nitrogen and oxygen atoms in total. The van der Waals surface area contributed by atoms with Crippen LogP contribution in [-0.2, 0) is 0 Å². The largest absolute Gasteiger partial charge is 0.256 e. The van der Waals surface area contributed by atoms with E-state index in [0.717, 1.165) is 12.3 Å². The average molecular weight is 280 g/mol. The normalized spacial score (nSPS) is 10.8. The summed E-state index contributed by atoms with van der Waals surface area (Å²) < 4.78 is 65.6. The Morgan fingerprint density at radius 3 is 1.83 bits per heavy atom. The van der Waals surface area contributed by atoms with E-state index < -0.39 is 40.3 Å². The van der Waals surface area contributed by atoms with E-state index in [9.17, 15) is 22.0 Å². The Balaban J connectivity index is 2.80. The third kappa shape index (κ3) is 1.92. The van der Waals surface area contributed by atoms with Crippen LogP contribution in [0.2, 0.25) is 5.02 Å². The van der Waals surface area contributed by atoms with Crippen LogP contribution in [0.5, 0.6) is 0 Å². The summed E-state index contributed by atoms with van der Waals surface area (Å²) in [6.07, 6.45) is 1.09. The number of pyridine rings is 1. The van der Waals surface area contributed by atoms with E-state index in [0.29, 0.717) is 0 Å². The first-order valence-corrected chi connectivity index (χ1v) is 4.94. The molecule has 0 spiro atoms. The molecule has 2 aromatic rings. The molecule has 0 fully saturated rings. The molecular weight excluding hydrogens is 277 g/mol. The van der Waals surface area contributed by atoms with Gasteiger partial charge in [0.15, 0.2) is 23.3 Å². The van der Waals surface area contributed by atoms with Gasteiger partial charge in [-0.3, -0.25) is 4.98 Å². The second kappa shape index (κ2) is 4.53. The third-order valence-corrected chi connectivity index (χ3v) is 2.42. The van der Waals surface area contributed by atoms with Gasteiger partial charge in [-0.15, -0.1) is 0 Å². The Hall–Kier alpha value is -1.69. The Kier molecular flexibility index (Phi) is 3.21. The monoisotopic (exact) mass is 279 g/mol. The Bertz CT molecular complexity index is 600. The number of aromatic nitrogens is 1. The topological polar surface area (TPSA) is 12.9 Å². The van der Waals surface area contributed by atoms with Crippen LogP contribution in [0, 0.1) is 29.1 Å². The highest BCUT2D eigenvalue weighted by molar-refractivity contribution is 6.30. The lowest BCUT2D eigenvalue weighted by molar-refractivity contribution is 0.381. The minimum atomic E-state index is -2.21. The predicted molar refractivity (Wildman–Crippen MR) is 54.5 cm³/mol. The molecule has 0 amide bonds. The second-order valence-electron chi connectivity index (χ2n) is 3.30. The quantitative estimate of drug-likeness (QED) is 0.435. The molecule has 0 unspecified atom stereocenters. The SMILES string of the molecule is Fc1c(F)c(F)c(-c2cc(Cl)ccn2)c(F)c1F. The maximum Gasteiger partial charge on any atom is 0.200 e. The molecule has 0 aliphatic carbocycles. The predicted octanol–water partition coefficient (Wildman–Crippen LogP) is 4.10. The molecule has 7 heteroatoms. The van der Waals surface area contributed by atoms with Gasteiger partial charge >= 0.3 is 0 Å². The Labute approximate surface area is 103 Å². The van der Waals surface area contributed by atoms with Gasteiger partial charge in [0.2, 0.25) is 5.82 Å². The van der Waals surface area contributed by atoms with Gasteiger partial charge in [-0.1, -0.05) is 11.6 Å². The molecule has 1 heterocycles. The van der Waals surface area contributed by atoms with Crippen molar-refractivity contribution in [2.45, 2.75) is 0 Å². The van der Waals surface area contributed by atoms with Crippen LogP contribution < -0.4 is 0 Å². The molecule has 0 radical (unpaired) electrons. The van der Waals surface area contributed by atoms with E-state index in [1.165, 1.54) is 6.07 Å². The van der Waals surface area contributed by atoms with E-state index in [4.69, 9.17) is 11.6 Å². The van der Waals surface area contributed by atoms with Crippen LogP contribution in [0.1, 0.15) is 0 Å². The van der Waals surface area contributed by atoms with Gasteiger partial charge in [-0.2, -0.15) is 0 Å². The zero-order chi connectivity index (χ0) is 13.4. The molecule has 1 aromatic heterocycles. The van der Waals surface area contributed by atoms with E-state index in [1.54, 1.807) is 0 Å². The Morgan fingerprint density at radius 1 is 0.833 bits per heavy atom. The number of nitrogens with zero attached hydrogens (tertiary/aromatic N) is 1. The van der Waals surface area contributed by atoms with Crippen molar-refractivity contribution in [2.24, 2.45) is 0 Å². The highest BCUT2D eigenvalue weighted by Gasteiger charge is 2.27. The van der Waals surface area contributed by atoms with Crippen LogP contribution in [0.15, 0.2) is 18.3 Å². The highest BCUT2D eigenvalue weighted by Crippen LogP contribution is 2.31. The summed E-state index contributed by atoms with van der Waals surface area (Å²) in [6, 6.07) is 2.30. The molecular formula is C11H3ClF5N. The minimum Gasteiger partial charge on any atom is -0.256 e. The third-order valence-electron chi connectivity index (χ3n) is 2.19. The van der Waals surface area contributed by atoms with Crippen molar-refractivity contribution in [1.82, 2.24) is 4.98 Å². The number of rotatable bonds is 1. The number of hydrogen-bond acceptors (Lipinski definition) is 1. The fraction of sp³-hybridized carbons (Fsp3) is 0. The molecule has 0 aliphatic rings. The van der Waals surface area contributed by atoms with E-state index in [-0.39, 0.29) is 5.02 Å². The van der Waals surface area contributed by atoms with Crippen LogP contribution in [-0.4, -0.2) is 4.98 Å². The van der Waals surface area contributed by atoms with Crippen molar-refractivity contribution in [3.63, 3.8) is 0 Å². The van der Waals surface area contributed by atoms with Crippen LogP contribution in [0.3, 0.4) is 0 Å². The van der Waals surface area contributed by atoms with E-state index in [1.807, 2.05) is 0 Å². The standard InChI is InChI=1S/C11H3ClF5N/c12-4-1-2-18-5(3-4)6-7(13)9(15)11(17)10(16)8(6)14/h1-3H. The Morgan fingerprint density at radius 2 is 1.33 bits per heavy atom. The van der Waals surface area contributed by atoms with Gasteiger partial charge in [-0.25, -0.2) is 22.0 Å². The van der Waals surface area contributed by atoms with Crippen molar-refractivity contribution in [3.05, 3.63) is 52.4 Å². The number of hydrogen-bond donors (Lipinski definition) is 0. The summed E-state index contributed by atoms with van der Waals surface area (Å²) in [5.41, 5.74) is -1.54. The first-order chi connectivity index (χ1) is 8.43. The summed E-state index contributed by atoms with van der Waals surface area (Å²) in [4.78, 5) is 3.52. The van der Waals surface area contributed by atoms with Crippen molar-refractivity contribution in [3.8, 4) is 11.3 Å². The summed E-state index contributed by atoms with van der Waals surface area (Å²) in [7, 11) is 0. The van der Waals surface area contributed by atoms with Crippen LogP contribution >= 0.6 is 11.6 Å². The minimum absolute atomic E-state index is 0.0592. The first-order valence-electron chi connectivity index (χ1n) is 4.57. The van der Waals surface area contributed by atoms with Gasteiger partial charge in [-0.05, 0) is 12.1 Å². The van der Waals surface area contributed by atoms with E-state index >= 15 is 0 Å². The molecule has 2 rings (SSSR count). The molecule has 0 saturated carbocycles. The fourth-order valence-electron chi connectivity index (χ4n) is 1.37. The molecule has 0 aliphatic heterocycles. The molecule has 0 atom stereocenters. The summed E-state index contributed by atoms with van der Waals surface area (Å²) in [5, 5.41) is 0.0592. The van der Waals surface area contributed by atoms with Crippen molar-refractivity contribution >= 4 is 11.6 Å². The van der Waals surface area contributed by atoms with Crippen LogP contribution in [0.25, 0.3) is 11.3 Å².